The lowest BCUT2D eigenvalue weighted by Gasteiger charge is -2.09. The smallest absolute Gasteiger partial charge is 0.124 e. The number of aliphatic hydroxyl groups is 1. The monoisotopic (exact) mass is 196 g/mol. The van der Waals surface area contributed by atoms with Crippen LogP contribution in [0, 0.1) is 0 Å². The molecule has 0 aliphatic carbocycles. The zero-order valence-electron chi connectivity index (χ0n) is 8.56. The summed E-state index contributed by atoms with van der Waals surface area (Å²) in [5.74, 6) is 0.818. The minimum absolute atomic E-state index is 0.345. The SMILES string of the molecule is COc1ccccc1COCC(C)O. The van der Waals surface area contributed by atoms with E-state index in [1.807, 2.05) is 24.3 Å². The highest BCUT2D eigenvalue weighted by Crippen LogP contribution is 2.17. The molecule has 1 aromatic carbocycles. The summed E-state index contributed by atoms with van der Waals surface area (Å²) in [4.78, 5) is 0. The fourth-order valence-corrected chi connectivity index (χ4v) is 1.16. The Hall–Kier alpha value is -1.06. The van der Waals surface area contributed by atoms with Crippen LogP contribution in [0.1, 0.15) is 12.5 Å². The van der Waals surface area contributed by atoms with Crippen molar-refractivity contribution < 1.29 is 14.6 Å². The molecule has 0 saturated heterocycles. The van der Waals surface area contributed by atoms with Crippen molar-refractivity contribution in [3.8, 4) is 5.75 Å². The van der Waals surface area contributed by atoms with E-state index in [-0.39, 0.29) is 0 Å². The second-order valence-electron chi connectivity index (χ2n) is 3.18. The molecule has 3 nitrogen and oxygen atoms in total. The number of ether oxygens (including phenoxy) is 2. The zero-order chi connectivity index (χ0) is 10.4. The lowest BCUT2D eigenvalue weighted by molar-refractivity contribution is 0.0368. The van der Waals surface area contributed by atoms with E-state index in [1.165, 1.54) is 0 Å². The van der Waals surface area contributed by atoms with Gasteiger partial charge in [-0.2, -0.15) is 0 Å². The molecule has 3 heteroatoms. The molecule has 1 aromatic rings. The molecule has 0 aliphatic rings. The van der Waals surface area contributed by atoms with Gasteiger partial charge in [-0.25, -0.2) is 0 Å². The topological polar surface area (TPSA) is 38.7 Å². The lowest BCUT2D eigenvalue weighted by atomic mass is 10.2. The summed E-state index contributed by atoms with van der Waals surface area (Å²) in [6.45, 7) is 2.51. The molecule has 0 aliphatic heterocycles. The van der Waals surface area contributed by atoms with Gasteiger partial charge in [-0.05, 0) is 13.0 Å². The maximum atomic E-state index is 9.00. The summed E-state index contributed by atoms with van der Waals surface area (Å²) >= 11 is 0. The molecule has 0 fully saturated rings. The largest absolute Gasteiger partial charge is 0.496 e. The zero-order valence-corrected chi connectivity index (χ0v) is 8.56. The van der Waals surface area contributed by atoms with Crippen LogP contribution in [-0.4, -0.2) is 24.9 Å². The average molecular weight is 196 g/mol. The third kappa shape index (κ3) is 3.36. The molecule has 0 amide bonds. The van der Waals surface area contributed by atoms with E-state index in [2.05, 4.69) is 0 Å². The summed E-state index contributed by atoms with van der Waals surface area (Å²) in [6, 6.07) is 7.68. The summed E-state index contributed by atoms with van der Waals surface area (Å²) in [5.41, 5.74) is 0.996. The number of rotatable bonds is 5. The number of aliphatic hydroxyl groups excluding tert-OH is 1. The van der Waals surface area contributed by atoms with Gasteiger partial charge in [-0.15, -0.1) is 0 Å². The van der Waals surface area contributed by atoms with Crippen LogP contribution in [0.25, 0.3) is 0 Å². The Morgan fingerprint density at radius 1 is 1.36 bits per heavy atom. The van der Waals surface area contributed by atoms with Gasteiger partial charge in [0.2, 0.25) is 0 Å². The third-order valence-electron chi connectivity index (χ3n) is 1.81. The molecule has 1 atom stereocenters. The van der Waals surface area contributed by atoms with Crippen LogP contribution in [0.4, 0.5) is 0 Å². The second kappa shape index (κ2) is 5.62. The summed E-state index contributed by atoms with van der Waals surface area (Å²) in [7, 11) is 1.63. The Labute approximate surface area is 84.3 Å². The quantitative estimate of drug-likeness (QED) is 0.777. The predicted molar refractivity (Wildman–Crippen MR) is 54.3 cm³/mol. The van der Waals surface area contributed by atoms with Gasteiger partial charge in [0.15, 0.2) is 0 Å². The van der Waals surface area contributed by atoms with Crippen molar-refractivity contribution in [2.75, 3.05) is 13.7 Å². The van der Waals surface area contributed by atoms with Crippen molar-refractivity contribution >= 4 is 0 Å². The van der Waals surface area contributed by atoms with Crippen molar-refractivity contribution in [3.63, 3.8) is 0 Å². The van der Waals surface area contributed by atoms with E-state index in [0.29, 0.717) is 13.2 Å². The van der Waals surface area contributed by atoms with Crippen molar-refractivity contribution in [1.29, 1.82) is 0 Å². The van der Waals surface area contributed by atoms with Crippen molar-refractivity contribution in [2.45, 2.75) is 19.6 Å². The molecule has 0 spiro atoms. The summed E-state index contributed by atoms with van der Waals surface area (Å²) < 4.78 is 10.5. The molecular weight excluding hydrogens is 180 g/mol. The second-order valence-corrected chi connectivity index (χ2v) is 3.18. The van der Waals surface area contributed by atoms with Gasteiger partial charge in [0.1, 0.15) is 5.75 Å². The molecule has 78 valence electrons. The van der Waals surface area contributed by atoms with Crippen molar-refractivity contribution in [1.82, 2.24) is 0 Å². The molecule has 1 unspecified atom stereocenters. The van der Waals surface area contributed by atoms with Gasteiger partial charge in [0.05, 0.1) is 26.4 Å². The Balaban J connectivity index is 2.49. The van der Waals surface area contributed by atoms with Crippen LogP contribution >= 0.6 is 0 Å². The first-order valence-corrected chi connectivity index (χ1v) is 4.61. The number of para-hydroxylation sites is 1. The maximum Gasteiger partial charge on any atom is 0.124 e. The van der Waals surface area contributed by atoms with Crippen LogP contribution < -0.4 is 4.74 Å². The van der Waals surface area contributed by atoms with E-state index in [9.17, 15) is 0 Å². The molecule has 1 rings (SSSR count). The van der Waals surface area contributed by atoms with Crippen LogP contribution in [0.5, 0.6) is 5.75 Å². The Kier molecular flexibility index (Phi) is 4.43. The Morgan fingerprint density at radius 3 is 2.71 bits per heavy atom. The number of methoxy groups -OCH3 is 1. The minimum Gasteiger partial charge on any atom is -0.496 e. The lowest BCUT2D eigenvalue weighted by Crippen LogP contribution is -2.10. The fourth-order valence-electron chi connectivity index (χ4n) is 1.16. The Bertz CT molecular complexity index is 271. The molecule has 14 heavy (non-hydrogen) atoms. The van der Waals surface area contributed by atoms with Crippen LogP contribution in [0.15, 0.2) is 24.3 Å². The average Bonchev–Trinajstić information content (AvgIpc) is 2.18. The van der Waals surface area contributed by atoms with Crippen LogP contribution in [0.2, 0.25) is 0 Å². The molecule has 1 N–H and O–H groups in total. The fraction of sp³-hybridized carbons (Fsp3) is 0.455. The van der Waals surface area contributed by atoms with Gasteiger partial charge in [0.25, 0.3) is 0 Å². The third-order valence-corrected chi connectivity index (χ3v) is 1.81. The molecular formula is C11H16O3. The normalized spacial score (nSPS) is 12.5. The van der Waals surface area contributed by atoms with Crippen LogP contribution in [-0.2, 0) is 11.3 Å². The summed E-state index contributed by atoms with van der Waals surface area (Å²) in [5, 5.41) is 9.00. The standard InChI is InChI=1S/C11H16O3/c1-9(12)7-14-8-10-5-3-4-6-11(10)13-2/h3-6,9,12H,7-8H2,1-2H3. The molecule has 0 saturated carbocycles. The molecule has 0 bridgehead atoms. The number of benzene rings is 1. The van der Waals surface area contributed by atoms with E-state index in [1.54, 1.807) is 14.0 Å². The maximum absolute atomic E-state index is 9.00. The predicted octanol–water partition coefficient (Wildman–Crippen LogP) is 1.59. The van der Waals surface area contributed by atoms with Gasteiger partial charge >= 0.3 is 0 Å². The number of hydrogen-bond donors (Lipinski definition) is 1. The van der Waals surface area contributed by atoms with Crippen molar-refractivity contribution in [3.05, 3.63) is 29.8 Å². The molecule has 0 aromatic heterocycles. The first kappa shape index (κ1) is 11.0. The van der Waals surface area contributed by atoms with Gasteiger partial charge in [-0.3, -0.25) is 0 Å². The first-order valence-electron chi connectivity index (χ1n) is 4.61. The molecule has 0 radical (unpaired) electrons. The van der Waals surface area contributed by atoms with E-state index >= 15 is 0 Å². The highest BCUT2D eigenvalue weighted by atomic mass is 16.5. The van der Waals surface area contributed by atoms with E-state index in [0.717, 1.165) is 11.3 Å². The van der Waals surface area contributed by atoms with Gasteiger partial charge in [-0.1, -0.05) is 18.2 Å². The minimum atomic E-state index is -0.426. The highest BCUT2D eigenvalue weighted by Gasteiger charge is 2.02. The summed E-state index contributed by atoms with van der Waals surface area (Å²) in [6.07, 6.45) is -0.426. The van der Waals surface area contributed by atoms with Crippen molar-refractivity contribution in [2.24, 2.45) is 0 Å². The van der Waals surface area contributed by atoms with E-state index < -0.39 is 6.10 Å². The first-order chi connectivity index (χ1) is 6.74. The highest BCUT2D eigenvalue weighted by molar-refractivity contribution is 5.32. The van der Waals surface area contributed by atoms with Gasteiger partial charge in [0, 0.05) is 5.56 Å². The Morgan fingerprint density at radius 2 is 2.07 bits per heavy atom. The molecule has 0 heterocycles. The van der Waals surface area contributed by atoms with Gasteiger partial charge < -0.3 is 14.6 Å². The van der Waals surface area contributed by atoms with Crippen LogP contribution in [0.3, 0.4) is 0 Å². The number of hydrogen-bond acceptors (Lipinski definition) is 3. The van der Waals surface area contributed by atoms with E-state index in [4.69, 9.17) is 14.6 Å².